The first-order valence-electron chi connectivity index (χ1n) is 8.19. The summed E-state index contributed by atoms with van der Waals surface area (Å²) in [5.41, 5.74) is 1.03. The molecule has 2 heterocycles. The molecule has 26 heavy (non-hydrogen) atoms. The van der Waals surface area contributed by atoms with Gasteiger partial charge in [-0.3, -0.25) is 19.8 Å². The molecule has 1 amide bonds. The molecule has 0 radical (unpaired) electrons. The highest BCUT2D eigenvalue weighted by molar-refractivity contribution is 5.91. The molecular weight excluding hydrogens is 341 g/mol. The monoisotopic (exact) mass is 359 g/mol. The van der Waals surface area contributed by atoms with Gasteiger partial charge in [0.1, 0.15) is 16.5 Å². The molecule has 1 aromatic carbocycles. The Balaban J connectivity index is 1.49. The quantitative estimate of drug-likeness (QED) is 0.466. The Morgan fingerprint density at radius 3 is 2.46 bits per heavy atom. The van der Waals surface area contributed by atoms with E-state index in [0.29, 0.717) is 19.6 Å². The Hall–Kier alpha value is -3.00. The summed E-state index contributed by atoms with van der Waals surface area (Å²) in [4.78, 5) is 26.1. The first-order chi connectivity index (χ1) is 12.5. The van der Waals surface area contributed by atoms with Crippen molar-refractivity contribution in [2.24, 2.45) is 0 Å². The van der Waals surface area contributed by atoms with Crippen molar-refractivity contribution < 1.29 is 18.5 Å². The molecule has 136 valence electrons. The minimum absolute atomic E-state index is 0.162. The van der Waals surface area contributed by atoms with Crippen LogP contribution in [-0.2, 0) is 11.3 Å². The lowest BCUT2D eigenvalue weighted by molar-refractivity contribution is -0.402. The van der Waals surface area contributed by atoms with E-state index in [2.05, 4.69) is 4.90 Å². The van der Waals surface area contributed by atoms with Crippen LogP contribution >= 0.6 is 0 Å². The predicted molar refractivity (Wildman–Crippen MR) is 92.7 cm³/mol. The molecule has 0 atom stereocenters. The van der Waals surface area contributed by atoms with Gasteiger partial charge < -0.3 is 9.32 Å². The number of nitro groups is 1. The summed E-state index contributed by atoms with van der Waals surface area (Å²) in [6.45, 7) is 3.34. The van der Waals surface area contributed by atoms with E-state index < -0.39 is 4.92 Å². The molecule has 7 nitrogen and oxygen atoms in total. The molecule has 3 rings (SSSR count). The van der Waals surface area contributed by atoms with Crippen molar-refractivity contribution in [1.82, 2.24) is 9.80 Å². The first kappa shape index (κ1) is 17.8. The van der Waals surface area contributed by atoms with Crippen molar-refractivity contribution >= 4 is 17.9 Å². The molecule has 1 aliphatic rings. The van der Waals surface area contributed by atoms with Gasteiger partial charge >= 0.3 is 5.88 Å². The van der Waals surface area contributed by atoms with Crippen LogP contribution in [0.4, 0.5) is 10.3 Å². The molecule has 1 saturated heterocycles. The van der Waals surface area contributed by atoms with E-state index in [0.717, 1.165) is 18.7 Å². The highest BCUT2D eigenvalue weighted by atomic mass is 19.1. The molecule has 8 heteroatoms. The molecule has 0 spiro atoms. The Labute approximate surface area is 149 Å². The number of halogens is 1. The highest BCUT2D eigenvalue weighted by Gasteiger charge is 2.20. The number of amides is 1. The number of nitrogens with zero attached hydrogens (tertiary/aromatic N) is 3. The van der Waals surface area contributed by atoms with Crippen LogP contribution in [0.2, 0.25) is 0 Å². The lowest BCUT2D eigenvalue weighted by atomic mass is 10.2. The third kappa shape index (κ3) is 4.54. The predicted octanol–water partition coefficient (Wildman–Crippen LogP) is 2.68. The largest absolute Gasteiger partial charge is 0.433 e. The summed E-state index contributed by atoms with van der Waals surface area (Å²) in [6, 6.07) is 9.11. The Morgan fingerprint density at radius 1 is 1.15 bits per heavy atom. The summed E-state index contributed by atoms with van der Waals surface area (Å²) in [6.07, 6.45) is 2.79. The van der Waals surface area contributed by atoms with Crippen molar-refractivity contribution in [3.8, 4) is 0 Å². The number of rotatable bonds is 5. The summed E-state index contributed by atoms with van der Waals surface area (Å²) in [5.74, 6) is -0.505. The lowest BCUT2D eigenvalue weighted by Crippen LogP contribution is -2.47. The summed E-state index contributed by atoms with van der Waals surface area (Å²) in [5, 5.41) is 10.6. The van der Waals surface area contributed by atoms with Crippen LogP contribution in [0.25, 0.3) is 6.08 Å². The van der Waals surface area contributed by atoms with E-state index in [4.69, 9.17) is 4.42 Å². The number of hydrogen-bond acceptors (Lipinski definition) is 5. The number of carbonyl (C=O) groups excluding carboxylic acids is 1. The Kier molecular flexibility index (Phi) is 5.43. The number of piperazine rings is 1. The second-order valence-corrected chi connectivity index (χ2v) is 5.99. The average Bonchev–Trinajstić information content (AvgIpc) is 3.12. The molecule has 1 aliphatic heterocycles. The molecule has 1 fully saturated rings. The van der Waals surface area contributed by atoms with Gasteiger partial charge in [-0.25, -0.2) is 4.39 Å². The van der Waals surface area contributed by atoms with E-state index in [-0.39, 0.29) is 23.4 Å². The molecule has 2 aromatic rings. The van der Waals surface area contributed by atoms with Gasteiger partial charge in [0.25, 0.3) is 0 Å². The lowest BCUT2D eigenvalue weighted by Gasteiger charge is -2.34. The Bertz CT molecular complexity index is 808. The fraction of sp³-hybridized carbons (Fsp3) is 0.278. The zero-order valence-electron chi connectivity index (χ0n) is 14.0. The van der Waals surface area contributed by atoms with Gasteiger partial charge in [-0.1, -0.05) is 12.1 Å². The van der Waals surface area contributed by atoms with Gasteiger partial charge in [0.2, 0.25) is 5.91 Å². The Morgan fingerprint density at radius 2 is 1.85 bits per heavy atom. The van der Waals surface area contributed by atoms with E-state index in [1.165, 1.54) is 36.4 Å². The maximum Gasteiger partial charge on any atom is 0.433 e. The molecule has 0 aliphatic carbocycles. The van der Waals surface area contributed by atoms with Crippen LogP contribution in [-0.4, -0.2) is 46.8 Å². The van der Waals surface area contributed by atoms with Crippen molar-refractivity contribution in [3.05, 3.63) is 69.7 Å². The zero-order valence-corrected chi connectivity index (χ0v) is 14.0. The maximum absolute atomic E-state index is 12.9. The van der Waals surface area contributed by atoms with E-state index in [1.807, 2.05) is 0 Å². The van der Waals surface area contributed by atoms with E-state index in [1.54, 1.807) is 17.0 Å². The van der Waals surface area contributed by atoms with Gasteiger partial charge in [0, 0.05) is 38.8 Å². The normalized spacial score (nSPS) is 15.5. The van der Waals surface area contributed by atoms with Crippen LogP contribution in [0.1, 0.15) is 11.3 Å². The SMILES string of the molecule is O=C(/C=C/c1ccc([N+](=O)[O-])o1)N1CCN(Cc2ccc(F)cc2)CC1. The van der Waals surface area contributed by atoms with Crippen LogP contribution in [0.3, 0.4) is 0 Å². The minimum atomic E-state index is -0.625. The van der Waals surface area contributed by atoms with Crippen LogP contribution in [0, 0.1) is 15.9 Å². The van der Waals surface area contributed by atoms with E-state index in [9.17, 15) is 19.3 Å². The number of furan rings is 1. The van der Waals surface area contributed by atoms with Crippen molar-refractivity contribution in [2.75, 3.05) is 26.2 Å². The fourth-order valence-corrected chi connectivity index (χ4v) is 2.76. The summed E-state index contributed by atoms with van der Waals surface area (Å²) < 4.78 is 17.9. The van der Waals surface area contributed by atoms with E-state index >= 15 is 0 Å². The molecular formula is C18H18FN3O4. The maximum atomic E-state index is 12.9. The van der Waals surface area contributed by atoms with Gasteiger partial charge in [0.15, 0.2) is 0 Å². The topological polar surface area (TPSA) is 79.8 Å². The van der Waals surface area contributed by atoms with Crippen molar-refractivity contribution in [3.63, 3.8) is 0 Å². The van der Waals surface area contributed by atoms with Crippen LogP contribution in [0.5, 0.6) is 0 Å². The number of hydrogen-bond donors (Lipinski definition) is 0. The van der Waals surface area contributed by atoms with Gasteiger partial charge in [-0.15, -0.1) is 0 Å². The standard InChI is InChI=1S/C18H18FN3O4/c19-15-3-1-14(2-4-15)13-20-9-11-21(12-10-20)17(23)7-5-16-6-8-18(26-16)22(24)25/h1-8H,9-13H2/b7-5+. The first-order valence-corrected chi connectivity index (χ1v) is 8.19. The smallest absolute Gasteiger partial charge is 0.401 e. The fourth-order valence-electron chi connectivity index (χ4n) is 2.76. The average molecular weight is 359 g/mol. The summed E-state index contributed by atoms with van der Waals surface area (Å²) >= 11 is 0. The number of benzene rings is 1. The van der Waals surface area contributed by atoms with Crippen LogP contribution < -0.4 is 0 Å². The van der Waals surface area contributed by atoms with Crippen molar-refractivity contribution in [2.45, 2.75) is 6.54 Å². The molecule has 0 bridgehead atoms. The second kappa shape index (κ2) is 7.92. The number of carbonyl (C=O) groups is 1. The molecule has 0 saturated carbocycles. The minimum Gasteiger partial charge on any atom is -0.401 e. The molecule has 0 N–H and O–H groups in total. The second-order valence-electron chi connectivity index (χ2n) is 5.99. The van der Waals surface area contributed by atoms with Crippen molar-refractivity contribution in [1.29, 1.82) is 0 Å². The third-order valence-corrected chi connectivity index (χ3v) is 4.19. The zero-order chi connectivity index (χ0) is 18.5. The van der Waals surface area contributed by atoms with Crippen LogP contribution in [0.15, 0.2) is 46.9 Å². The highest BCUT2D eigenvalue weighted by Crippen LogP contribution is 2.17. The molecule has 1 aromatic heterocycles. The van der Waals surface area contributed by atoms with Gasteiger partial charge in [0.05, 0.1) is 6.07 Å². The van der Waals surface area contributed by atoms with Gasteiger partial charge in [-0.05, 0) is 29.8 Å². The third-order valence-electron chi connectivity index (χ3n) is 4.19. The van der Waals surface area contributed by atoms with Gasteiger partial charge in [-0.2, -0.15) is 0 Å². The molecule has 0 unspecified atom stereocenters. The summed E-state index contributed by atoms with van der Waals surface area (Å²) in [7, 11) is 0.